The largest absolute Gasteiger partial charge is 0.385 e. The van der Waals surface area contributed by atoms with E-state index in [-0.39, 0.29) is 0 Å². The topological polar surface area (TPSA) is 46.2 Å². The van der Waals surface area contributed by atoms with Gasteiger partial charge in [-0.15, -0.1) is 0 Å². The first-order valence-electron chi connectivity index (χ1n) is 6.40. The minimum Gasteiger partial charge on any atom is -0.385 e. The second kappa shape index (κ2) is 6.45. The summed E-state index contributed by atoms with van der Waals surface area (Å²) in [6, 6.07) is 4.07. The zero-order valence-electron chi connectivity index (χ0n) is 10.4. The summed E-state index contributed by atoms with van der Waals surface area (Å²) in [5.74, 6) is 1.67. The molecule has 0 spiro atoms. The van der Waals surface area contributed by atoms with Gasteiger partial charge in [0.2, 0.25) is 0 Å². The second-order valence-electron chi connectivity index (χ2n) is 4.40. The van der Waals surface area contributed by atoms with Crippen molar-refractivity contribution in [1.82, 2.24) is 4.98 Å². The van der Waals surface area contributed by atoms with Crippen LogP contribution in [0.1, 0.15) is 19.8 Å². The number of hydrogen-bond donors (Lipinski definition) is 2. The van der Waals surface area contributed by atoms with E-state index in [0.29, 0.717) is 0 Å². The highest BCUT2D eigenvalue weighted by Crippen LogP contribution is 2.17. The van der Waals surface area contributed by atoms with E-state index in [1.807, 2.05) is 12.3 Å². The Balaban J connectivity index is 1.83. The lowest BCUT2D eigenvalue weighted by atomic mass is 10.0. The van der Waals surface area contributed by atoms with Crippen LogP contribution in [0.4, 0.5) is 11.5 Å². The molecule has 0 unspecified atom stereocenters. The lowest BCUT2D eigenvalue weighted by molar-refractivity contribution is 0.0699. The van der Waals surface area contributed by atoms with Crippen molar-refractivity contribution in [3.63, 3.8) is 0 Å². The molecule has 0 radical (unpaired) electrons. The molecule has 0 saturated carbocycles. The first-order valence-corrected chi connectivity index (χ1v) is 6.40. The Labute approximate surface area is 103 Å². The van der Waals surface area contributed by atoms with Gasteiger partial charge < -0.3 is 15.4 Å². The van der Waals surface area contributed by atoms with Crippen LogP contribution < -0.4 is 10.6 Å². The van der Waals surface area contributed by atoms with Crippen LogP contribution >= 0.6 is 0 Å². The summed E-state index contributed by atoms with van der Waals surface area (Å²) < 4.78 is 5.36. The standard InChI is InChI=1S/C13H21N3O/c1-2-14-13-9-12(3-6-15-13)16-10-11-4-7-17-8-5-11/h3,6,9,11H,2,4-5,7-8,10H2,1H3,(H2,14,15,16). The third-order valence-electron chi connectivity index (χ3n) is 3.05. The van der Waals surface area contributed by atoms with Crippen molar-refractivity contribution in [2.24, 2.45) is 5.92 Å². The van der Waals surface area contributed by atoms with E-state index < -0.39 is 0 Å². The van der Waals surface area contributed by atoms with E-state index in [1.165, 1.54) is 0 Å². The predicted octanol–water partition coefficient (Wildman–Crippen LogP) is 2.35. The fourth-order valence-electron chi connectivity index (χ4n) is 2.03. The molecule has 1 fully saturated rings. The summed E-state index contributed by atoms with van der Waals surface area (Å²) >= 11 is 0. The van der Waals surface area contributed by atoms with Crippen LogP contribution in [0.25, 0.3) is 0 Å². The molecule has 2 N–H and O–H groups in total. The van der Waals surface area contributed by atoms with Crippen LogP contribution in [0.15, 0.2) is 18.3 Å². The van der Waals surface area contributed by atoms with Gasteiger partial charge in [0.1, 0.15) is 5.82 Å². The van der Waals surface area contributed by atoms with Crippen molar-refractivity contribution in [3.8, 4) is 0 Å². The molecule has 0 aliphatic carbocycles. The number of hydrogen-bond acceptors (Lipinski definition) is 4. The molecule has 1 aliphatic rings. The molecule has 1 aromatic rings. The molecule has 1 saturated heterocycles. The number of pyridine rings is 1. The van der Waals surface area contributed by atoms with E-state index >= 15 is 0 Å². The van der Waals surface area contributed by atoms with Crippen LogP contribution in [0.5, 0.6) is 0 Å². The number of aromatic nitrogens is 1. The number of rotatable bonds is 5. The van der Waals surface area contributed by atoms with Crippen molar-refractivity contribution in [2.45, 2.75) is 19.8 Å². The Morgan fingerprint density at radius 2 is 2.18 bits per heavy atom. The minimum atomic E-state index is 0.736. The summed E-state index contributed by atoms with van der Waals surface area (Å²) in [4.78, 5) is 4.25. The molecule has 2 heterocycles. The van der Waals surface area contributed by atoms with E-state index in [4.69, 9.17) is 4.74 Å². The molecule has 0 amide bonds. The molecular weight excluding hydrogens is 214 g/mol. The van der Waals surface area contributed by atoms with Crippen LogP contribution in [0.3, 0.4) is 0 Å². The maximum Gasteiger partial charge on any atom is 0.127 e. The zero-order valence-corrected chi connectivity index (χ0v) is 10.4. The Morgan fingerprint density at radius 1 is 1.35 bits per heavy atom. The highest BCUT2D eigenvalue weighted by molar-refractivity contribution is 5.51. The second-order valence-corrected chi connectivity index (χ2v) is 4.40. The van der Waals surface area contributed by atoms with Gasteiger partial charge in [0.15, 0.2) is 0 Å². The molecule has 94 valence electrons. The van der Waals surface area contributed by atoms with Crippen molar-refractivity contribution in [1.29, 1.82) is 0 Å². The number of nitrogens with one attached hydrogen (secondary N) is 2. The summed E-state index contributed by atoms with van der Waals surface area (Å²) in [6.07, 6.45) is 4.17. The van der Waals surface area contributed by atoms with Crippen molar-refractivity contribution >= 4 is 11.5 Å². The number of ether oxygens (including phenoxy) is 1. The molecule has 0 aromatic carbocycles. The first kappa shape index (κ1) is 12.2. The summed E-state index contributed by atoms with van der Waals surface area (Å²) in [5, 5.41) is 6.69. The van der Waals surface area contributed by atoms with Gasteiger partial charge in [-0.2, -0.15) is 0 Å². The van der Waals surface area contributed by atoms with E-state index in [1.54, 1.807) is 0 Å². The zero-order chi connectivity index (χ0) is 11.9. The van der Waals surface area contributed by atoms with Crippen LogP contribution in [0, 0.1) is 5.92 Å². The Kier molecular flexibility index (Phi) is 4.62. The lowest BCUT2D eigenvalue weighted by Gasteiger charge is -2.22. The van der Waals surface area contributed by atoms with E-state index in [0.717, 1.165) is 56.6 Å². The lowest BCUT2D eigenvalue weighted by Crippen LogP contribution is -2.22. The quantitative estimate of drug-likeness (QED) is 0.822. The third kappa shape index (κ3) is 3.89. The molecule has 2 rings (SSSR count). The molecule has 0 atom stereocenters. The smallest absolute Gasteiger partial charge is 0.127 e. The van der Waals surface area contributed by atoms with E-state index in [2.05, 4.69) is 28.6 Å². The average molecular weight is 235 g/mol. The van der Waals surface area contributed by atoms with Gasteiger partial charge in [0.25, 0.3) is 0 Å². The molecule has 0 bridgehead atoms. The fraction of sp³-hybridized carbons (Fsp3) is 0.615. The van der Waals surface area contributed by atoms with Crippen molar-refractivity contribution in [3.05, 3.63) is 18.3 Å². The molecular formula is C13H21N3O. The molecule has 4 heteroatoms. The minimum absolute atomic E-state index is 0.736. The monoisotopic (exact) mass is 235 g/mol. The van der Waals surface area contributed by atoms with Gasteiger partial charge in [0.05, 0.1) is 0 Å². The van der Waals surface area contributed by atoms with Gasteiger partial charge in [-0.25, -0.2) is 4.98 Å². The van der Waals surface area contributed by atoms with Crippen LogP contribution in [0.2, 0.25) is 0 Å². The first-order chi connectivity index (χ1) is 8.38. The summed E-state index contributed by atoms with van der Waals surface area (Å²) in [6.45, 7) is 5.82. The Hall–Kier alpha value is -1.29. The Morgan fingerprint density at radius 3 is 2.94 bits per heavy atom. The predicted molar refractivity (Wildman–Crippen MR) is 70.4 cm³/mol. The van der Waals surface area contributed by atoms with Crippen molar-refractivity contribution in [2.75, 3.05) is 36.9 Å². The number of anilines is 2. The van der Waals surface area contributed by atoms with E-state index in [9.17, 15) is 0 Å². The van der Waals surface area contributed by atoms with Gasteiger partial charge in [-0.05, 0) is 31.7 Å². The van der Waals surface area contributed by atoms with Gasteiger partial charge >= 0.3 is 0 Å². The molecule has 1 aromatic heterocycles. The van der Waals surface area contributed by atoms with Gasteiger partial charge in [-0.3, -0.25) is 0 Å². The number of nitrogens with zero attached hydrogens (tertiary/aromatic N) is 1. The average Bonchev–Trinajstić information content (AvgIpc) is 2.39. The highest BCUT2D eigenvalue weighted by Gasteiger charge is 2.13. The van der Waals surface area contributed by atoms with Crippen LogP contribution in [-0.4, -0.2) is 31.3 Å². The van der Waals surface area contributed by atoms with Crippen molar-refractivity contribution < 1.29 is 4.74 Å². The fourth-order valence-corrected chi connectivity index (χ4v) is 2.03. The molecule has 17 heavy (non-hydrogen) atoms. The maximum atomic E-state index is 5.36. The Bertz CT molecular complexity index is 337. The normalized spacial score (nSPS) is 16.8. The third-order valence-corrected chi connectivity index (χ3v) is 3.05. The maximum absolute atomic E-state index is 5.36. The van der Waals surface area contributed by atoms with Gasteiger partial charge in [0, 0.05) is 44.3 Å². The molecule has 1 aliphatic heterocycles. The molecule has 4 nitrogen and oxygen atoms in total. The SMILES string of the molecule is CCNc1cc(NCC2CCOCC2)ccn1. The summed E-state index contributed by atoms with van der Waals surface area (Å²) in [7, 11) is 0. The summed E-state index contributed by atoms with van der Waals surface area (Å²) in [5.41, 5.74) is 1.14. The van der Waals surface area contributed by atoms with Gasteiger partial charge in [-0.1, -0.05) is 0 Å². The van der Waals surface area contributed by atoms with Crippen LogP contribution in [-0.2, 0) is 4.74 Å². The highest BCUT2D eigenvalue weighted by atomic mass is 16.5.